The minimum Gasteiger partial charge on any atom is -0.441 e. The van der Waals surface area contributed by atoms with E-state index in [1.54, 1.807) is 0 Å². The third-order valence-electron chi connectivity index (χ3n) is 4.29. The van der Waals surface area contributed by atoms with Crippen molar-refractivity contribution in [2.24, 2.45) is 0 Å². The summed E-state index contributed by atoms with van der Waals surface area (Å²) in [7, 11) is 0. The van der Waals surface area contributed by atoms with E-state index in [4.69, 9.17) is 4.42 Å². The van der Waals surface area contributed by atoms with Crippen molar-refractivity contribution in [3.63, 3.8) is 0 Å². The smallest absolute Gasteiger partial charge is 0.242 e. The molecule has 0 saturated carbocycles. The van der Waals surface area contributed by atoms with E-state index in [1.165, 1.54) is 11.8 Å². The topological polar surface area (TPSA) is 95.7 Å². The minimum atomic E-state index is -0.648. The molecule has 24 heavy (non-hydrogen) atoms. The van der Waals surface area contributed by atoms with Crippen LogP contribution in [-0.2, 0) is 16.0 Å². The van der Waals surface area contributed by atoms with Gasteiger partial charge in [0.05, 0.1) is 6.10 Å². The number of benzene rings is 1. The van der Waals surface area contributed by atoms with Gasteiger partial charge in [-0.25, -0.2) is 4.98 Å². The lowest BCUT2D eigenvalue weighted by Gasteiger charge is -2.21. The van der Waals surface area contributed by atoms with Crippen LogP contribution in [-0.4, -0.2) is 52.0 Å². The Morgan fingerprint density at radius 2 is 2.25 bits per heavy atom. The third kappa shape index (κ3) is 3.26. The number of oxazole rings is 1. The molecule has 7 nitrogen and oxygen atoms in total. The predicted octanol–water partition coefficient (Wildman–Crippen LogP) is 0.777. The highest BCUT2D eigenvalue weighted by Gasteiger charge is 2.37. The van der Waals surface area contributed by atoms with Gasteiger partial charge in [0.2, 0.25) is 11.8 Å². The zero-order valence-electron chi connectivity index (χ0n) is 13.8. The van der Waals surface area contributed by atoms with Crippen LogP contribution in [0.1, 0.15) is 24.8 Å². The van der Waals surface area contributed by atoms with Gasteiger partial charge in [0, 0.05) is 32.9 Å². The number of carbonyl (C=O) groups is 2. The van der Waals surface area contributed by atoms with Gasteiger partial charge in [-0.2, -0.15) is 0 Å². The fraction of sp³-hybridized carbons (Fsp3) is 0.471. The summed E-state index contributed by atoms with van der Waals surface area (Å²) in [6.45, 7) is 3.94. The molecule has 3 rings (SSSR count). The van der Waals surface area contributed by atoms with E-state index in [0.717, 1.165) is 16.7 Å². The molecule has 2 heterocycles. The van der Waals surface area contributed by atoms with Crippen molar-refractivity contribution in [3.8, 4) is 0 Å². The first-order valence-corrected chi connectivity index (χ1v) is 8.03. The summed E-state index contributed by atoms with van der Waals surface area (Å²) in [5.74, 6) is 0.102. The van der Waals surface area contributed by atoms with Gasteiger partial charge in [-0.15, -0.1) is 0 Å². The molecular weight excluding hydrogens is 310 g/mol. The average Bonchev–Trinajstić information content (AvgIpc) is 3.11. The van der Waals surface area contributed by atoms with E-state index in [1.807, 2.05) is 25.1 Å². The lowest BCUT2D eigenvalue weighted by atomic mass is 10.2. The average molecular weight is 331 g/mol. The number of nitrogens with zero attached hydrogens (tertiary/aromatic N) is 2. The maximum absolute atomic E-state index is 12.3. The molecule has 2 amide bonds. The van der Waals surface area contributed by atoms with Crippen LogP contribution in [0.3, 0.4) is 0 Å². The first kappa shape index (κ1) is 16.4. The van der Waals surface area contributed by atoms with Crippen molar-refractivity contribution < 1.29 is 19.1 Å². The summed E-state index contributed by atoms with van der Waals surface area (Å²) in [6.07, 6.45) is 0.0903. The first-order valence-electron chi connectivity index (χ1n) is 8.03. The van der Waals surface area contributed by atoms with Gasteiger partial charge in [0.25, 0.3) is 0 Å². The number of rotatable bonds is 4. The Kier molecular flexibility index (Phi) is 4.53. The molecule has 1 fully saturated rings. The highest BCUT2D eigenvalue weighted by molar-refractivity contribution is 5.87. The second-order valence-corrected chi connectivity index (χ2v) is 6.15. The third-order valence-corrected chi connectivity index (χ3v) is 4.29. The standard InChI is InChI=1S/C17H21N3O4/c1-10-4-3-5-14-16(10)19-15(24-14)6-7-18-17(23)13-8-12(22)9-20(13)11(2)21/h3-5,12-13,22H,6-9H2,1-2H3,(H,18,23)/t12-,13-/m1/s1. The minimum absolute atomic E-state index is 0.206. The maximum Gasteiger partial charge on any atom is 0.242 e. The fourth-order valence-electron chi connectivity index (χ4n) is 3.06. The number of aryl methyl sites for hydroxylation is 1. The van der Waals surface area contributed by atoms with E-state index in [0.29, 0.717) is 18.9 Å². The highest BCUT2D eigenvalue weighted by atomic mass is 16.3. The van der Waals surface area contributed by atoms with E-state index in [2.05, 4.69) is 10.3 Å². The molecule has 0 radical (unpaired) electrons. The van der Waals surface area contributed by atoms with E-state index >= 15 is 0 Å². The number of aliphatic hydroxyl groups excluding tert-OH is 1. The normalized spacial score (nSPS) is 20.5. The molecule has 2 atom stereocenters. The van der Waals surface area contributed by atoms with E-state index < -0.39 is 12.1 Å². The van der Waals surface area contributed by atoms with Crippen molar-refractivity contribution in [1.29, 1.82) is 0 Å². The van der Waals surface area contributed by atoms with Crippen LogP contribution in [0.5, 0.6) is 0 Å². The van der Waals surface area contributed by atoms with Crippen LogP contribution >= 0.6 is 0 Å². The first-order chi connectivity index (χ1) is 11.5. The molecule has 1 aliphatic heterocycles. The van der Waals surface area contributed by atoms with Gasteiger partial charge in [-0.3, -0.25) is 9.59 Å². The van der Waals surface area contributed by atoms with Crippen LogP contribution < -0.4 is 5.32 Å². The van der Waals surface area contributed by atoms with E-state index in [9.17, 15) is 14.7 Å². The van der Waals surface area contributed by atoms with Gasteiger partial charge in [-0.05, 0) is 18.6 Å². The van der Waals surface area contributed by atoms with Crippen molar-refractivity contribution in [2.75, 3.05) is 13.1 Å². The number of β-amino-alcohol motifs (C(OH)–C–C–N with tert-alkyl or cyclic N) is 1. The van der Waals surface area contributed by atoms with Crippen LogP contribution in [0, 0.1) is 6.92 Å². The highest BCUT2D eigenvalue weighted by Crippen LogP contribution is 2.20. The molecule has 1 aromatic heterocycles. The van der Waals surface area contributed by atoms with E-state index in [-0.39, 0.29) is 24.8 Å². The predicted molar refractivity (Wildman–Crippen MR) is 87.3 cm³/mol. The number of aromatic nitrogens is 1. The molecular formula is C17H21N3O4. The van der Waals surface area contributed by atoms with Crippen LogP contribution in [0.2, 0.25) is 0 Å². The molecule has 128 valence electrons. The van der Waals surface area contributed by atoms with Gasteiger partial charge >= 0.3 is 0 Å². The monoisotopic (exact) mass is 331 g/mol. The van der Waals surface area contributed by atoms with Crippen molar-refractivity contribution in [1.82, 2.24) is 15.2 Å². The molecule has 0 bridgehead atoms. The number of amides is 2. The number of para-hydroxylation sites is 1. The Morgan fingerprint density at radius 3 is 2.96 bits per heavy atom. The lowest BCUT2D eigenvalue weighted by Crippen LogP contribution is -2.45. The second kappa shape index (κ2) is 6.60. The van der Waals surface area contributed by atoms with Crippen LogP contribution in [0.15, 0.2) is 22.6 Å². The molecule has 7 heteroatoms. The van der Waals surface area contributed by atoms with Crippen LogP contribution in [0.4, 0.5) is 0 Å². The molecule has 2 aromatic rings. The fourth-order valence-corrected chi connectivity index (χ4v) is 3.06. The molecule has 0 unspecified atom stereocenters. The zero-order chi connectivity index (χ0) is 17.3. The van der Waals surface area contributed by atoms with Gasteiger partial charge in [-0.1, -0.05) is 12.1 Å². The quantitative estimate of drug-likeness (QED) is 0.863. The zero-order valence-corrected chi connectivity index (χ0v) is 13.8. The summed E-state index contributed by atoms with van der Waals surface area (Å²) >= 11 is 0. The summed E-state index contributed by atoms with van der Waals surface area (Å²) in [6, 6.07) is 5.14. The number of hydrogen-bond donors (Lipinski definition) is 2. The number of fused-ring (bicyclic) bond motifs is 1. The largest absolute Gasteiger partial charge is 0.441 e. The number of likely N-dealkylation sites (tertiary alicyclic amines) is 1. The molecule has 1 saturated heterocycles. The summed E-state index contributed by atoms with van der Waals surface area (Å²) in [5.41, 5.74) is 2.61. The Bertz CT molecular complexity index is 770. The number of hydrogen-bond acceptors (Lipinski definition) is 5. The van der Waals surface area contributed by atoms with Crippen molar-refractivity contribution >= 4 is 22.9 Å². The second-order valence-electron chi connectivity index (χ2n) is 6.15. The molecule has 0 aliphatic carbocycles. The summed E-state index contributed by atoms with van der Waals surface area (Å²) < 4.78 is 5.67. The molecule has 0 spiro atoms. The maximum atomic E-state index is 12.3. The van der Waals surface area contributed by atoms with Gasteiger partial charge < -0.3 is 19.7 Å². The van der Waals surface area contributed by atoms with Crippen molar-refractivity contribution in [2.45, 2.75) is 38.8 Å². The molecule has 2 N–H and O–H groups in total. The Balaban J connectivity index is 1.58. The number of carbonyl (C=O) groups excluding carboxylic acids is 2. The summed E-state index contributed by atoms with van der Waals surface area (Å²) in [5, 5.41) is 12.5. The lowest BCUT2D eigenvalue weighted by molar-refractivity contribution is -0.136. The Morgan fingerprint density at radius 1 is 1.46 bits per heavy atom. The molecule has 1 aromatic carbocycles. The summed E-state index contributed by atoms with van der Waals surface area (Å²) in [4.78, 5) is 29.6. The van der Waals surface area contributed by atoms with Crippen molar-refractivity contribution in [3.05, 3.63) is 29.7 Å². The van der Waals surface area contributed by atoms with Crippen LogP contribution in [0.25, 0.3) is 11.1 Å². The number of nitrogens with one attached hydrogen (secondary N) is 1. The Labute approximate surface area is 139 Å². The number of aliphatic hydroxyl groups is 1. The molecule has 1 aliphatic rings. The SMILES string of the molecule is CC(=O)N1C[C@H](O)C[C@@H]1C(=O)NCCc1nc2c(C)cccc2o1. The Hall–Kier alpha value is -2.41. The van der Waals surface area contributed by atoms with Gasteiger partial charge in [0.1, 0.15) is 11.6 Å². The van der Waals surface area contributed by atoms with Gasteiger partial charge in [0.15, 0.2) is 11.5 Å².